The van der Waals surface area contributed by atoms with Crippen LogP contribution in [0.25, 0.3) is 22.3 Å². The number of rotatable bonds is 3. The summed E-state index contributed by atoms with van der Waals surface area (Å²) in [5.74, 6) is 5.97. The van der Waals surface area contributed by atoms with E-state index in [-0.39, 0.29) is 5.95 Å². The van der Waals surface area contributed by atoms with Crippen LogP contribution < -0.4 is 5.73 Å². The molecule has 0 aromatic carbocycles. The minimum atomic E-state index is -1.06. The van der Waals surface area contributed by atoms with Gasteiger partial charge in [-0.3, -0.25) is 0 Å². The van der Waals surface area contributed by atoms with Gasteiger partial charge in [-0.15, -0.1) is 6.58 Å². The molecule has 6 nitrogen and oxygen atoms in total. The number of nitrogen functional groups attached to an aromatic ring is 1. The van der Waals surface area contributed by atoms with E-state index in [0.717, 1.165) is 22.3 Å². The summed E-state index contributed by atoms with van der Waals surface area (Å²) >= 11 is 0. The summed E-state index contributed by atoms with van der Waals surface area (Å²) in [7, 11) is 0. The summed E-state index contributed by atoms with van der Waals surface area (Å²) < 4.78 is 1.99. The number of nitrogens with zero attached hydrogens (tertiary/aromatic N) is 4. The SMILES string of the molecule is C=CCn1cc(-c2ccnc(N)n2)c2cc(C#CC(C)(C)O)cnc21. The number of aliphatic hydroxyl groups is 1. The first-order valence-corrected chi connectivity index (χ1v) is 7.81. The second kappa shape index (κ2) is 6.38. The summed E-state index contributed by atoms with van der Waals surface area (Å²) in [4.78, 5) is 12.8. The molecular formula is C19H19N5O. The zero-order chi connectivity index (χ0) is 18.0. The first kappa shape index (κ1) is 16.7. The maximum absolute atomic E-state index is 9.79. The second-order valence-corrected chi connectivity index (χ2v) is 6.19. The van der Waals surface area contributed by atoms with E-state index < -0.39 is 5.60 Å². The van der Waals surface area contributed by atoms with Crippen LogP contribution in [0.3, 0.4) is 0 Å². The van der Waals surface area contributed by atoms with E-state index in [0.29, 0.717) is 12.1 Å². The highest BCUT2D eigenvalue weighted by atomic mass is 16.3. The van der Waals surface area contributed by atoms with Gasteiger partial charge in [0.25, 0.3) is 0 Å². The van der Waals surface area contributed by atoms with Crippen LogP contribution in [0.15, 0.2) is 43.4 Å². The van der Waals surface area contributed by atoms with E-state index in [1.54, 1.807) is 38.4 Å². The molecule has 0 aliphatic rings. The van der Waals surface area contributed by atoms with E-state index in [2.05, 4.69) is 33.4 Å². The summed E-state index contributed by atoms with van der Waals surface area (Å²) in [6.45, 7) is 7.69. The highest BCUT2D eigenvalue weighted by molar-refractivity contribution is 5.94. The lowest BCUT2D eigenvalue weighted by molar-refractivity contribution is 0.143. The molecule has 0 spiro atoms. The van der Waals surface area contributed by atoms with Crippen LogP contribution in [0.2, 0.25) is 0 Å². The topological polar surface area (TPSA) is 89.9 Å². The third-order valence-corrected chi connectivity index (χ3v) is 3.50. The van der Waals surface area contributed by atoms with Crippen LogP contribution in [0.4, 0.5) is 5.95 Å². The molecule has 126 valence electrons. The molecule has 0 fully saturated rings. The molecule has 0 aliphatic heterocycles. The number of hydrogen-bond acceptors (Lipinski definition) is 5. The fourth-order valence-electron chi connectivity index (χ4n) is 2.47. The number of allylic oxidation sites excluding steroid dienone is 1. The van der Waals surface area contributed by atoms with E-state index in [9.17, 15) is 5.11 Å². The molecule has 25 heavy (non-hydrogen) atoms. The Morgan fingerprint density at radius 3 is 2.88 bits per heavy atom. The Morgan fingerprint density at radius 2 is 2.20 bits per heavy atom. The van der Waals surface area contributed by atoms with Crippen molar-refractivity contribution in [2.75, 3.05) is 5.73 Å². The van der Waals surface area contributed by atoms with Crippen molar-refractivity contribution < 1.29 is 5.11 Å². The van der Waals surface area contributed by atoms with Crippen molar-refractivity contribution in [2.24, 2.45) is 0 Å². The number of pyridine rings is 1. The standard InChI is InChI=1S/C19H19N5O/c1-4-9-24-12-15(16-6-8-21-18(20)23-16)14-10-13(11-22-17(14)24)5-7-19(2,3)25/h4,6,8,10-12,25H,1,9H2,2-3H3,(H2,20,21,23). The molecule has 3 rings (SSSR count). The van der Waals surface area contributed by atoms with Gasteiger partial charge >= 0.3 is 0 Å². The molecule has 3 heterocycles. The Labute approximate surface area is 146 Å². The first-order valence-electron chi connectivity index (χ1n) is 7.81. The number of anilines is 1. The molecule has 0 aliphatic carbocycles. The van der Waals surface area contributed by atoms with Gasteiger partial charge in [-0.25, -0.2) is 15.0 Å². The van der Waals surface area contributed by atoms with Gasteiger partial charge in [-0.2, -0.15) is 0 Å². The zero-order valence-corrected chi connectivity index (χ0v) is 14.2. The lowest BCUT2D eigenvalue weighted by Gasteiger charge is -2.06. The Balaban J connectivity index is 2.20. The van der Waals surface area contributed by atoms with Gasteiger partial charge < -0.3 is 15.4 Å². The predicted octanol–water partition coefficient (Wildman–Crippen LogP) is 2.38. The molecule has 3 aromatic rings. The predicted molar refractivity (Wildman–Crippen MR) is 98.5 cm³/mol. The van der Waals surface area contributed by atoms with Gasteiger partial charge in [0.1, 0.15) is 11.2 Å². The number of fused-ring (bicyclic) bond motifs is 1. The quantitative estimate of drug-likeness (QED) is 0.567. The van der Waals surface area contributed by atoms with Crippen molar-refractivity contribution in [3.63, 3.8) is 0 Å². The largest absolute Gasteiger partial charge is 0.378 e. The van der Waals surface area contributed by atoms with Gasteiger partial charge in [0.05, 0.1) is 5.69 Å². The van der Waals surface area contributed by atoms with Crippen LogP contribution >= 0.6 is 0 Å². The van der Waals surface area contributed by atoms with Gasteiger partial charge in [-0.1, -0.05) is 17.9 Å². The molecule has 3 aromatic heterocycles. The molecule has 0 amide bonds. The van der Waals surface area contributed by atoms with E-state index in [4.69, 9.17) is 5.73 Å². The summed E-state index contributed by atoms with van der Waals surface area (Å²) in [5.41, 5.74) is 7.79. The molecule has 0 unspecified atom stereocenters. The minimum Gasteiger partial charge on any atom is -0.378 e. The average molecular weight is 333 g/mol. The molecule has 0 saturated heterocycles. The Hall–Kier alpha value is -3.17. The number of aromatic nitrogens is 4. The third-order valence-electron chi connectivity index (χ3n) is 3.50. The smallest absolute Gasteiger partial charge is 0.220 e. The highest BCUT2D eigenvalue weighted by Crippen LogP contribution is 2.29. The van der Waals surface area contributed by atoms with Crippen molar-refractivity contribution in [3.05, 3.63) is 48.9 Å². The van der Waals surface area contributed by atoms with E-state index in [1.165, 1.54) is 0 Å². The van der Waals surface area contributed by atoms with Gasteiger partial charge in [0.15, 0.2) is 0 Å². The first-order chi connectivity index (χ1) is 11.9. The molecule has 0 radical (unpaired) electrons. The Kier molecular flexibility index (Phi) is 4.26. The van der Waals surface area contributed by atoms with Crippen LogP contribution in [0, 0.1) is 11.8 Å². The summed E-state index contributed by atoms with van der Waals surface area (Å²) in [5, 5.41) is 10.7. The van der Waals surface area contributed by atoms with Gasteiger partial charge in [0, 0.05) is 41.6 Å². The van der Waals surface area contributed by atoms with Crippen LogP contribution in [-0.2, 0) is 6.54 Å². The van der Waals surface area contributed by atoms with E-state index in [1.807, 2.05) is 16.8 Å². The zero-order valence-electron chi connectivity index (χ0n) is 14.2. The van der Waals surface area contributed by atoms with Crippen molar-refractivity contribution in [2.45, 2.75) is 26.0 Å². The van der Waals surface area contributed by atoms with E-state index >= 15 is 0 Å². The number of hydrogen-bond donors (Lipinski definition) is 2. The molecule has 3 N–H and O–H groups in total. The molecule has 0 saturated carbocycles. The normalized spacial score (nSPS) is 11.2. The lowest BCUT2D eigenvalue weighted by atomic mass is 10.1. The van der Waals surface area contributed by atoms with Gasteiger partial charge in [0.2, 0.25) is 5.95 Å². The second-order valence-electron chi connectivity index (χ2n) is 6.19. The average Bonchev–Trinajstić information content (AvgIpc) is 2.91. The summed E-state index contributed by atoms with van der Waals surface area (Å²) in [6.07, 6.45) is 7.09. The van der Waals surface area contributed by atoms with Crippen molar-refractivity contribution in [1.29, 1.82) is 0 Å². The van der Waals surface area contributed by atoms with Crippen molar-refractivity contribution in [3.8, 4) is 23.1 Å². The molecular weight excluding hydrogens is 314 g/mol. The van der Waals surface area contributed by atoms with Gasteiger partial charge in [-0.05, 0) is 26.0 Å². The maximum Gasteiger partial charge on any atom is 0.220 e. The maximum atomic E-state index is 9.79. The fourth-order valence-corrected chi connectivity index (χ4v) is 2.47. The molecule has 0 bridgehead atoms. The monoisotopic (exact) mass is 333 g/mol. The fraction of sp³-hybridized carbons (Fsp3) is 0.211. The van der Waals surface area contributed by atoms with Crippen molar-refractivity contribution in [1.82, 2.24) is 19.5 Å². The lowest BCUT2D eigenvalue weighted by Crippen LogP contribution is -2.14. The summed E-state index contributed by atoms with van der Waals surface area (Å²) in [6, 6.07) is 3.74. The molecule has 6 heteroatoms. The highest BCUT2D eigenvalue weighted by Gasteiger charge is 2.13. The number of nitrogens with two attached hydrogens (primary N) is 1. The Morgan fingerprint density at radius 1 is 1.40 bits per heavy atom. The minimum absolute atomic E-state index is 0.216. The Bertz CT molecular complexity index is 1000. The molecule has 0 atom stereocenters. The van der Waals surface area contributed by atoms with Crippen LogP contribution in [-0.4, -0.2) is 30.2 Å². The van der Waals surface area contributed by atoms with Crippen LogP contribution in [0.1, 0.15) is 19.4 Å². The van der Waals surface area contributed by atoms with Crippen molar-refractivity contribution >= 4 is 17.0 Å². The third kappa shape index (κ3) is 3.67. The van der Waals surface area contributed by atoms with Crippen LogP contribution in [0.5, 0.6) is 0 Å².